The van der Waals surface area contributed by atoms with Gasteiger partial charge in [0.2, 0.25) is 29.4 Å². The topological polar surface area (TPSA) is 186 Å². The summed E-state index contributed by atoms with van der Waals surface area (Å²) in [5, 5.41) is 14.2. The van der Waals surface area contributed by atoms with E-state index in [1.165, 1.54) is 24.2 Å². The number of rotatable bonds is 14. The number of piperidine rings is 1. The minimum atomic E-state index is -1.20. The van der Waals surface area contributed by atoms with Crippen molar-refractivity contribution in [2.45, 2.75) is 123 Å². The molecule has 5 aliphatic carbocycles. The van der Waals surface area contributed by atoms with Gasteiger partial charge in [0.1, 0.15) is 18.1 Å². The molecule has 6 atom stereocenters. The maximum Gasteiger partial charge on any atom is 0.315 e. The number of Topliss-reactive ketones (excluding diaryl/α,β-unsaturated/α-hetero) is 1. The molecule has 1 saturated heterocycles. The van der Waals surface area contributed by atoms with Gasteiger partial charge in [-0.15, -0.1) is 0 Å². The summed E-state index contributed by atoms with van der Waals surface area (Å²) in [5.74, 6) is -2.08. The smallest absolute Gasteiger partial charge is 0.315 e. The third-order valence-electron chi connectivity index (χ3n) is 13.5. The Bertz CT molecular complexity index is 1720. The fourth-order valence-corrected chi connectivity index (χ4v) is 10.9. The molecule has 5 unspecified atom stereocenters. The number of benzene rings is 1. The molecule has 1 aromatic rings. The molecule has 57 heavy (non-hydrogen) atoms. The fraction of sp³-hybridized carbons (Fsp3) is 0.698. The normalized spacial score (nSPS) is 29.2. The van der Waals surface area contributed by atoms with Gasteiger partial charge in [-0.3, -0.25) is 28.8 Å². The number of likely N-dealkylation sites (N-methyl/N-ethyl adjacent to an activating group) is 1. The first-order valence-corrected chi connectivity index (χ1v) is 20.8. The van der Waals surface area contributed by atoms with Gasteiger partial charge in [0.05, 0.1) is 12.6 Å². The van der Waals surface area contributed by atoms with Crippen LogP contribution in [0.1, 0.15) is 105 Å². The van der Waals surface area contributed by atoms with E-state index in [9.17, 15) is 33.6 Å². The molecule has 0 radical (unpaired) electrons. The molecular weight excluding hydrogens is 727 g/mol. The zero-order valence-electron chi connectivity index (χ0n) is 34.9. The molecule has 0 spiro atoms. The second-order valence-electron chi connectivity index (χ2n) is 19.5. The van der Waals surface area contributed by atoms with Crippen molar-refractivity contribution in [2.75, 3.05) is 27.2 Å². The Kier molecular flexibility index (Phi) is 11.9. The molecule has 14 heteroatoms. The molecule has 1 aromatic carbocycles. The van der Waals surface area contributed by atoms with Gasteiger partial charge < -0.3 is 36.4 Å². The van der Waals surface area contributed by atoms with Crippen LogP contribution in [-0.4, -0.2) is 102 Å². The van der Waals surface area contributed by atoms with Crippen LogP contribution in [-0.2, 0) is 28.8 Å². The maximum atomic E-state index is 14.5. The van der Waals surface area contributed by atoms with Crippen molar-refractivity contribution in [1.29, 1.82) is 0 Å². The van der Waals surface area contributed by atoms with Crippen molar-refractivity contribution in [2.24, 2.45) is 40.4 Å². The van der Waals surface area contributed by atoms with Gasteiger partial charge in [-0.25, -0.2) is 4.79 Å². The lowest BCUT2D eigenvalue weighted by Gasteiger charge is -2.56. The van der Waals surface area contributed by atoms with E-state index in [1.54, 1.807) is 49.3 Å². The molecule has 1 aliphatic heterocycles. The standard InChI is InChI=1S/C43H63N7O7/c1-9-13-29(34(52)37(54)44-22-30(51)46-32(38(55)49(7)8)27-14-11-10-12-15-27)45-36(53)33-31-28(42(31,5)6)23-50(33)39(56)35(41(2,3)4)47-40(57)48-43-19-24-16-25(20-43)18-26(17-24)21-43/h10-12,14-15,24-26,28-29,31-33,35H,9,13,16-23H2,1-8H3,(H,44,54)(H,45,53)(H,46,51)(H2,47,48,57)/t24?,25?,26?,28?,29?,31?,32?,33?,35-,43?/m1/s1. The highest BCUT2D eigenvalue weighted by Crippen LogP contribution is 2.65. The molecule has 4 bridgehead atoms. The Morgan fingerprint density at radius 2 is 1.47 bits per heavy atom. The lowest BCUT2D eigenvalue weighted by molar-refractivity contribution is -0.145. The highest BCUT2D eigenvalue weighted by molar-refractivity contribution is 6.38. The summed E-state index contributed by atoms with van der Waals surface area (Å²) < 4.78 is 0. The summed E-state index contributed by atoms with van der Waals surface area (Å²) in [6, 6.07) is 4.32. The largest absolute Gasteiger partial charge is 0.347 e. The van der Waals surface area contributed by atoms with E-state index in [4.69, 9.17) is 0 Å². The fourth-order valence-electron chi connectivity index (χ4n) is 10.9. The molecule has 5 N–H and O–H groups in total. The van der Waals surface area contributed by atoms with Crippen LogP contribution >= 0.6 is 0 Å². The minimum Gasteiger partial charge on any atom is -0.347 e. The van der Waals surface area contributed by atoms with Crippen molar-refractivity contribution >= 4 is 41.4 Å². The van der Waals surface area contributed by atoms with Gasteiger partial charge in [-0.2, -0.15) is 0 Å². The molecule has 6 aliphatic rings. The molecule has 0 aromatic heterocycles. The number of likely N-dealkylation sites (tertiary alicyclic amines) is 1. The second kappa shape index (κ2) is 16.0. The SMILES string of the molecule is CCCC(NC(=O)C1C2C(CN1C(=O)[C@@H](NC(=O)NC13CC4CC(CC(C4)C1)C3)C(C)(C)C)C2(C)C)C(=O)C(=O)NCC(=O)NC(C(=O)N(C)C)c1ccccc1. The number of fused-ring (bicyclic) bond motifs is 1. The number of hydrogen-bond acceptors (Lipinski definition) is 7. The summed E-state index contributed by atoms with van der Waals surface area (Å²) in [5.41, 5.74) is -0.576. The quantitative estimate of drug-likeness (QED) is 0.179. The Hall–Kier alpha value is -4.49. The first-order chi connectivity index (χ1) is 26.7. The van der Waals surface area contributed by atoms with E-state index in [1.807, 2.05) is 27.7 Å². The number of nitrogens with one attached hydrogen (secondary N) is 5. The van der Waals surface area contributed by atoms with Crippen LogP contribution in [0.3, 0.4) is 0 Å². The molecule has 1 heterocycles. The van der Waals surface area contributed by atoms with E-state index in [0.29, 0.717) is 36.3 Å². The average Bonchev–Trinajstić information content (AvgIpc) is 3.43. The van der Waals surface area contributed by atoms with Gasteiger partial charge in [0, 0.05) is 26.2 Å². The molecular formula is C43H63N7O7. The Morgan fingerprint density at radius 1 is 0.877 bits per heavy atom. The number of ketones is 1. The van der Waals surface area contributed by atoms with E-state index >= 15 is 0 Å². The number of carbonyl (C=O) groups is 7. The highest BCUT2D eigenvalue weighted by Gasteiger charge is 2.70. The van der Waals surface area contributed by atoms with Crippen molar-refractivity contribution in [3.05, 3.63) is 35.9 Å². The number of nitrogens with zero attached hydrogens (tertiary/aromatic N) is 2. The predicted octanol–water partition coefficient (Wildman–Crippen LogP) is 3.07. The molecule has 7 rings (SSSR count). The van der Waals surface area contributed by atoms with Crippen molar-refractivity contribution < 1.29 is 33.6 Å². The zero-order chi connectivity index (χ0) is 41.6. The maximum absolute atomic E-state index is 14.5. The molecule has 312 valence electrons. The van der Waals surface area contributed by atoms with Crippen LogP contribution in [0, 0.1) is 40.4 Å². The lowest BCUT2D eigenvalue weighted by atomic mass is 9.53. The van der Waals surface area contributed by atoms with Gasteiger partial charge in [-0.1, -0.05) is 78.3 Å². The number of urea groups is 1. The van der Waals surface area contributed by atoms with E-state index in [0.717, 1.165) is 19.3 Å². The van der Waals surface area contributed by atoms with E-state index in [-0.39, 0.29) is 47.1 Å². The van der Waals surface area contributed by atoms with Crippen LogP contribution in [0.25, 0.3) is 0 Å². The van der Waals surface area contributed by atoms with Crippen LogP contribution in [0.15, 0.2) is 30.3 Å². The Labute approximate surface area is 336 Å². The summed E-state index contributed by atoms with van der Waals surface area (Å²) in [7, 11) is 3.14. The van der Waals surface area contributed by atoms with Crippen LogP contribution in [0.5, 0.6) is 0 Å². The van der Waals surface area contributed by atoms with Crippen LogP contribution in [0.4, 0.5) is 4.79 Å². The minimum absolute atomic E-state index is 0.0555. The summed E-state index contributed by atoms with van der Waals surface area (Å²) in [6.45, 7) is 11.4. The van der Waals surface area contributed by atoms with Crippen LogP contribution < -0.4 is 26.6 Å². The van der Waals surface area contributed by atoms with Gasteiger partial charge in [0.25, 0.3) is 5.91 Å². The zero-order valence-corrected chi connectivity index (χ0v) is 34.9. The number of amides is 7. The summed E-state index contributed by atoms with van der Waals surface area (Å²) >= 11 is 0. The van der Waals surface area contributed by atoms with E-state index in [2.05, 4.69) is 40.4 Å². The third-order valence-corrected chi connectivity index (χ3v) is 13.5. The summed E-state index contributed by atoms with van der Waals surface area (Å²) in [4.78, 5) is 98.0. The van der Waals surface area contributed by atoms with Gasteiger partial charge in [0.15, 0.2) is 0 Å². The highest BCUT2D eigenvalue weighted by atomic mass is 16.2. The van der Waals surface area contributed by atoms with Crippen molar-refractivity contribution in [3.63, 3.8) is 0 Å². The van der Waals surface area contributed by atoms with Crippen molar-refractivity contribution in [3.8, 4) is 0 Å². The van der Waals surface area contributed by atoms with E-state index < -0.39 is 59.6 Å². The lowest BCUT2D eigenvalue weighted by Crippen LogP contribution is -2.65. The average molecular weight is 790 g/mol. The Balaban J connectivity index is 1.10. The Morgan fingerprint density at radius 3 is 2.02 bits per heavy atom. The molecule has 5 saturated carbocycles. The van der Waals surface area contributed by atoms with Gasteiger partial charge in [-0.05, 0) is 90.9 Å². The monoisotopic (exact) mass is 789 g/mol. The van der Waals surface area contributed by atoms with Crippen LogP contribution in [0.2, 0.25) is 0 Å². The first kappa shape index (κ1) is 42.1. The number of hydrogen-bond donors (Lipinski definition) is 5. The molecule has 7 amide bonds. The molecule has 6 fully saturated rings. The first-order valence-electron chi connectivity index (χ1n) is 20.8. The predicted molar refractivity (Wildman–Crippen MR) is 213 cm³/mol. The molecule has 14 nitrogen and oxygen atoms in total. The van der Waals surface area contributed by atoms with Gasteiger partial charge >= 0.3 is 6.03 Å². The van der Waals surface area contributed by atoms with Crippen molar-refractivity contribution in [1.82, 2.24) is 36.4 Å². The second-order valence-corrected chi connectivity index (χ2v) is 19.5. The third kappa shape index (κ3) is 8.84. The summed E-state index contributed by atoms with van der Waals surface area (Å²) in [6.07, 6.45) is 7.28. The number of carbonyl (C=O) groups excluding carboxylic acids is 7.